The summed E-state index contributed by atoms with van der Waals surface area (Å²) in [6.07, 6.45) is 2.15. The van der Waals surface area contributed by atoms with E-state index in [0.29, 0.717) is 6.54 Å². The van der Waals surface area contributed by atoms with E-state index in [1.165, 1.54) is 0 Å². The first-order valence-electron chi connectivity index (χ1n) is 8.66. The number of fused-ring (bicyclic) bond motifs is 1. The minimum Gasteiger partial charge on any atom is -0.496 e. The van der Waals surface area contributed by atoms with Gasteiger partial charge in [0.25, 0.3) is 0 Å². The molecule has 0 saturated carbocycles. The van der Waals surface area contributed by atoms with Crippen LogP contribution in [0.4, 0.5) is 0 Å². The molecule has 0 bridgehead atoms. The van der Waals surface area contributed by atoms with Crippen LogP contribution in [-0.4, -0.2) is 41.5 Å². The number of hydrogen-bond donors (Lipinski definition) is 1. The molecule has 5 nitrogen and oxygen atoms in total. The number of aliphatic hydroxyl groups is 1. The second-order valence-electron chi connectivity index (χ2n) is 6.49. The van der Waals surface area contributed by atoms with Crippen molar-refractivity contribution in [2.75, 3.05) is 20.3 Å². The number of nitrogens with zero attached hydrogens (tertiary/aromatic N) is 2. The Hall–Kier alpha value is -2.37. The van der Waals surface area contributed by atoms with Gasteiger partial charge >= 0.3 is 0 Å². The van der Waals surface area contributed by atoms with Gasteiger partial charge in [0.2, 0.25) is 0 Å². The van der Waals surface area contributed by atoms with Crippen LogP contribution >= 0.6 is 0 Å². The molecule has 0 radical (unpaired) electrons. The fourth-order valence-electron chi connectivity index (χ4n) is 3.70. The fraction of sp³-hybridized carbons (Fsp3) is 0.350. The van der Waals surface area contributed by atoms with Gasteiger partial charge in [-0.25, -0.2) is 0 Å². The highest BCUT2D eigenvalue weighted by Gasteiger charge is 2.25. The number of benzene rings is 2. The van der Waals surface area contributed by atoms with Crippen molar-refractivity contribution in [1.82, 2.24) is 10.1 Å². The molecular formula is C20H22N2O3. The zero-order valence-electron chi connectivity index (χ0n) is 14.3. The lowest BCUT2D eigenvalue weighted by atomic mass is 10.0. The fourth-order valence-corrected chi connectivity index (χ4v) is 3.70. The zero-order chi connectivity index (χ0) is 17.2. The van der Waals surface area contributed by atoms with E-state index >= 15 is 0 Å². The monoisotopic (exact) mass is 338 g/mol. The SMILES string of the molecule is COc1ccc2ccccc2c1-c1cc(CN2CCC[C@@H]2CO)on1. The molecule has 25 heavy (non-hydrogen) atoms. The summed E-state index contributed by atoms with van der Waals surface area (Å²) in [5.74, 6) is 1.60. The Morgan fingerprint density at radius 2 is 2.16 bits per heavy atom. The summed E-state index contributed by atoms with van der Waals surface area (Å²) in [6.45, 7) is 1.85. The topological polar surface area (TPSA) is 58.7 Å². The lowest BCUT2D eigenvalue weighted by molar-refractivity contribution is 0.143. The van der Waals surface area contributed by atoms with Gasteiger partial charge < -0.3 is 14.4 Å². The molecule has 1 fully saturated rings. The minimum absolute atomic E-state index is 0.193. The molecule has 2 heterocycles. The van der Waals surface area contributed by atoms with E-state index in [4.69, 9.17) is 9.26 Å². The number of rotatable bonds is 5. The van der Waals surface area contributed by atoms with E-state index in [0.717, 1.165) is 52.9 Å². The highest BCUT2D eigenvalue weighted by Crippen LogP contribution is 2.36. The van der Waals surface area contributed by atoms with Gasteiger partial charge in [-0.2, -0.15) is 0 Å². The van der Waals surface area contributed by atoms with E-state index in [-0.39, 0.29) is 12.6 Å². The van der Waals surface area contributed by atoms with Crippen molar-refractivity contribution < 1.29 is 14.4 Å². The van der Waals surface area contributed by atoms with Crippen LogP contribution in [0.1, 0.15) is 18.6 Å². The minimum atomic E-state index is 0.193. The molecule has 1 aliphatic heterocycles. The Morgan fingerprint density at radius 1 is 1.28 bits per heavy atom. The molecule has 1 N–H and O–H groups in total. The summed E-state index contributed by atoms with van der Waals surface area (Å²) < 4.78 is 11.2. The lowest BCUT2D eigenvalue weighted by Crippen LogP contribution is -2.31. The molecule has 1 aromatic heterocycles. The predicted molar refractivity (Wildman–Crippen MR) is 96.5 cm³/mol. The maximum atomic E-state index is 9.48. The van der Waals surface area contributed by atoms with Crippen LogP contribution in [0.2, 0.25) is 0 Å². The smallest absolute Gasteiger partial charge is 0.151 e. The number of methoxy groups -OCH3 is 1. The van der Waals surface area contributed by atoms with Gasteiger partial charge in [0.15, 0.2) is 5.76 Å². The van der Waals surface area contributed by atoms with E-state index in [1.54, 1.807) is 7.11 Å². The number of aromatic nitrogens is 1. The molecule has 1 saturated heterocycles. The maximum absolute atomic E-state index is 9.48. The number of hydrogen-bond acceptors (Lipinski definition) is 5. The Bertz CT molecular complexity index is 874. The normalized spacial score (nSPS) is 18.1. The van der Waals surface area contributed by atoms with Gasteiger partial charge in [0, 0.05) is 12.1 Å². The maximum Gasteiger partial charge on any atom is 0.151 e. The third kappa shape index (κ3) is 3.01. The van der Waals surface area contributed by atoms with Gasteiger partial charge in [-0.3, -0.25) is 4.90 Å². The molecule has 5 heteroatoms. The summed E-state index contributed by atoms with van der Waals surface area (Å²) in [5.41, 5.74) is 1.74. The highest BCUT2D eigenvalue weighted by molar-refractivity contribution is 5.98. The van der Waals surface area contributed by atoms with Gasteiger partial charge in [0.1, 0.15) is 11.4 Å². The summed E-state index contributed by atoms with van der Waals surface area (Å²) in [7, 11) is 1.67. The second kappa shape index (κ2) is 6.86. The Kier molecular flexibility index (Phi) is 4.42. The number of aliphatic hydroxyl groups excluding tert-OH is 1. The quantitative estimate of drug-likeness (QED) is 0.772. The Morgan fingerprint density at radius 3 is 3.00 bits per heavy atom. The Balaban J connectivity index is 1.69. The van der Waals surface area contributed by atoms with Gasteiger partial charge in [-0.1, -0.05) is 35.5 Å². The number of ether oxygens (including phenoxy) is 1. The molecule has 4 rings (SSSR count). The van der Waals surface area contributed by atoms with Crippen LogP contribution in [0.25, 0.3) is 22.0 Å². The molecule has 0 aliphatic carbocycles. The molecule has 130 valence electrons. The molecular weight excluding hydrogens is 316 g/mol. The largest absolute Gasteiger partial charge is 0.496 e. The Labute approximate surface area is 146 Å². The van der Waals surface area contributed by atoms with Crippen molar-refractivity contribution in [2.24, 2.45) is 0 Å². The average molecular weight is 338 g/mol. The third-order valence-electron chi connectivity index (χ3n) is 4.99. The first kappa shape index (κ1) is 16.1. The average Bonchev–Trinajstić information content (AvgIpc) is 3.30. The van der Waals surface area contributed by atoms with Gasteiger partial charge in [0.05, 0.1) is 25.8 Å². The standard InChI is InChI=1S/C20H22N2O3/c1-24-19-9-8-14-5-2-3-7-17(14)20(19)18-11-16(25-21-18)12-22-10-4-6-15(22)13-23/h2-3,5,7-9,11,15,23H,4,6,10,12-13H2,1H3/t15-/m1/s1. The summed E-state index contributed by atoms with van der Waals surface area (Å²) >= 11 is 0. The van der Waals surface area contributed by atoms with Gasteiger partial charge in [-0.15, -0.1) is 0 Å². The molecule has 3 aromatic rings. The summed E-state index contributed by atoms with van der Waals surface area (Å²) in [4.78, 5) is 2.25. The van der Waals surface area contributed by atoms with E-state index in [9.17, 15) is 5.11 Å². The number of likely N-dealkylation sites (tertiary alicyclic amines) is 1. The third-order valence-corrected chi connectivity index (χ3v) is 4.99. The summed E-state index contributed by atoms with van der Waals surface area (Å²) in [6, 6.07) is 14.4. The molecule has 0 spiro atoms. The van der Waals surface area contributed by atoms with Crippen LogP contribution in [-0.2, 0) is 6.54 Å². The second-order valence-corrected chi connectivity index (χ2v) is 6.49. The van der Waals surface area contributed by atoms with Crippen molar-refractivity contribution in [3.8, 4) is 17.0 Å². The zero-order valence-corrected chi connectivity index (χ0v) is 14.3. The van der Waals surface area contributed by atoms with Crippen molar-refractivity contribution in [2.45, 2.75) is 25.4 Å². The van der Waals surface area contributed by atoms with E-state index in [2.05, 4.69) is 28.3 Å². The van der Waals surface area contributed by atoms with E-state index < -0.39 is 0 Å². The van der Waals surface area contributed by atoms with Crippen molar-refractivity contribution >= 4 is 10.8 Å². The molecule has 0 amide bonds. The highest BCUT2D eigenvalue weighted by atomic mass is 16.5. The predicted octanol–water partition coefficient (Wildman–Crippen LogP) is 3.46. The van der Waals surface area contributed by atoms with Crippen LogP contribution in [0.15, 0.2) is 47.0 Å². The molecule has 1 atom stereocenters. The van der Waals surface area contributed by atoms with Crippen LogP contribution < -0.4 is 4.74 Å². The van der Waals surface area contributed by atoms with Crippen molar-refractivity contribution in [3.05, 3.63) is 48.2 Å². The van der Waals surface area contributed by atoms with Crippen molar-refractivity contribution in [1.29, 1.82) is 0 Å². The van der Waals surface area contributed by atoms with Crippen LogP contribution in [0.3, 0.4) is 0 Å². The lowest BCUT2D eigenvalue weighted by Gasteiger charge is -2.20. The molecule has 1 aliphatic rings. The first-order chi connectivity index (χ1) is 12.3. The van der Waals surface area contributed by atoms with E-state index in [1.807, 2.05) is 24.3 Å². The first-order valence-corrected chi connectivity index (χ1v) is 8.66. The van der Waals surface area contributed by atoms with Gasteiger partial charge in [-0.05, 0) is 36.2 Å². The van der Waals surface area contributed by atoms with Crippen LogP contribution in [0, 0.1) is 0 Å². The molecule has 0 unspecified atom stereocenters. The van der Waals surface area contributed by atoms with Crippen LogP contribution in [0.5, 0.6) is 5.75 Å². The summed E-state index contributed by atoms with van der Waals surface area (Å²) in [5, 5.41) is 16.0. The molecule has 2 aromatic carbocycles. The van der Waals surface area contributed by atoms with Crippen molar-refractivity contribution in [3.63, 3.8) is 0 Å².